The molecule has 4 nitrogen and oxygen atoms in total. The van der Waals surface area contributed by atoms with Crippen LogP contribution in [0.4, 0.5) is 0 Å². The maximum atomic E-state index is 11.9. The number of aromatic nitrogens is 2. The van der Waals surface area contributed by atoms with Crippen LogP contribution < -0.4 is 5.32 Å². The van der Waals surface area contributed by atoms with Crippen molar-refractivity contribution in [1.29, 1.82) is 0 Å². The van der Waals surface area contributed by atoms with E-state index in [1.807, 2.05) is 34.5 Å². The molecule has 18 heavy (non-hydrogen) atoms. The normalized spacial score (nSPS) is 18.3. The summed E-state index contributed by atoms with van der Waals surface area (Å²) < 4.78 is 2.02. The van der Waals surface area contributed by atoms with E-state index in [4.69, 9.17) is 0 Å². The van der Waals surface area contributed by atoms with Gasteiger partial charge in [0.15, 0.2) is 0 Å². The Kier molecular flexibility index (Phi) is 3.15. The fourth-order valence-corrected chi connectivity index (χ4v) is 3.04. The molecule has 0 bridgehead atoms. The fraction of sp³-hybridized carbons (Fsp3) is 0.385. The van der Waals surface area contributed by atoms with Crippen molar-refractivity contribution in [1.82, 2.24) is 15.1 Å². The molecule has 0 saturated heterocycles. The summed E-state index contributed by atoms with van der Waals surface area (Å²) in [6, 6.07) is 6.26. The molecule has 1 amide bonds. The van der Waals surface area contributed by atoms with Gasteiger partial charge in [0.1, 0.15) is 0 Å². The van der Waals surface area contributed by atoms with Gasteiger partial charge in [-0.05, 0) is 23.9 Å². The van der Waals surface area contributed by atoms with Crippen LogP contribution in [0.25, 0.3) is 0 Å². The van der Waals surface area contributed by atoms with Crippen molar-refractivity contribution in [2.45, 2.75) is 31.8 Å². The van der Waals surface area contributed by atoms with E-state index in [1.54, 1.807) is 11.3 Å². The molecule has 0 aliphatic carbocycles. The summed E-state index contributed by atoms with van der Waals surface area (Å²) in [5.41, 5.74) is 1.21. The maximum Gasteiger partial charge on any atom is 0.225 e. The highest BCUT2D eigenvalue weighted by Gasteiger charge is 2.20. The fourth-order valence-electron chi connectivity index (χ4n) is 2.34. The van der Waals surface area contributed by atoms with Gasteiger partial charge in [0.2, 0.25) is 5.91 Å². The second kappa shape index (κ2) is 4.94. The summed E-state index contributed by atoms with van der Waals surface area (Å²) in [7, 11) is 0. The molecule has 3 rings (SSSR count). The van der Waals surface area contributed by atoms with Crippen LogP contribution in [-0.2, 0) is 24.2 Å². The summed E-state index contributed by atoms with van der Waals surface area (Å²) in [5, 5.41) is 9.35. The Morgan fingerprint density at radius 2 is 2.50 bits per heavy atom. The first kappa shape index (κ1) is 11.5. The highest BCUT2D eigenvalue weighted by atomic mass is 32.1. The third-order valence-corrected chi connectivity index (χ3v) is 4.11. The predicted octanol–water partition coefficient (Wildman–Crippen LogP) is 1.62. The molecule has 94 valence electrons. The Bertz CT molecular complexity index is 532. The van der Waals surface area contributed by atoms with Crippen molar-refractivity contribution in [2.24, 2.45) is 0 Å². The van der Waals surface area contributed by atoms with Crippen LogP contribution in [0.1, 0.15) is 17.0 Å². The summed E-state index contributed by atoms with van der Waals surface area (Å²) in [4.78, 5) is 13.0. The van der Waals surface area contributed by atoms with Crippen LogP contribution in [0, 0.1) is 0 Å². The van der Waals surface area contributed by atoms with Gasteiger partial charge in [-0.2, -0.15) is 5.10 Å². The Balaban J connectivity index is 1.56. The van der Waals surface area contributed by atoms with Gasteiger partial charge in [0.05, 0.1) is 6.42 Å². The Hall–Kier alpha value is -1.62. The third kappa shape index (κ3) is 2.46. The molecule has 0 radical (unpaired) electrons. The topological polar surface area (TPSA) is 46.9 Å². The largest absolute Gasteiger partial charge is 0.353 e. The molecule has 0 spiro atoms. The Morgan fingerprint density at radius 3 is 3.33 bits per heavy atom. The van der Waals surface area contributed by atoms with Crippen molar-refractivity contribution in [3.63, 3.8) is 0 Å². The average molecular weight is 261 g/mol. The predicted molar refractivity (Wildman–Crippen MR) is 70.5 cm³/mol. The molecule has 2 aromatic rings. The van der Waals surface area contributed by atoms with Crippen LogP contribution in [0.15, 0.2) is 29.8 Å². The molecule has 1 N–H and O–H groups in total. The van der Waals surface area contributed by atoms with Gasteiger partial charge in [-0.3, -0.25) is 9.48 Å². The van der Waals surface area contributed by atoms with Crippen molar-refractivity contribution < 1.29 is 4.79 Å². The lowest BCUT2D eigenvalue weighted by molar-refractivity contribution is -0.121. The maximum absolute atomic E-state index is 11.9. The van der Waals surface area contributed by atoms with Crippen LogP contribution in [-0.4, -0.2) is 21.7 Å². The van der Waals surface area contributed by atoms with E-state index in [0.717, 1.165) is 24.3 Å². The first-order valence-electron chi connectivity index (χ1n) is 6.14. The van der Waals surface area contributed by atoms with Gasteiger partial charge in [0.25, 0.3) is 0 Å². The van der Waals surface area contributed by atoms with E-state index in [-0.39, 0.29) is 11.9 Å². The highest BCUT2D eigenvalue weighted by Crippen LogP contribution is 2.14. The first-order chi connectivity index (χ1) is 8.81. The molecule has 1 atom stereocenters. The summed E-state index contributed by atoms with van der Waals surface area (Å²) >= 11 is 1.63. The van der Waals surface area contributed by atoms with Gasteiger partial charge in [-0.15, -0.1) is 11.3 Å². The lowest BCUT2D eigenvalue weighted by atomic mass is 10.0. The summed E-state index contributed by atoms with van der Waals surface area (Å²) in [5.74, 6) is 0.121. The molecular weight excluding hydrogens is 246 g/mol. The molecule has 0 aromatic carbocycles. The van der Waals surface area contributed by atoms with Crippen molar-refractivity contribution in [3.8, 4) is 0 Å². The van der Waals surface area contributed by atoms with Gasteiger partial charge >= 0.3 is 0 Å². The number of thiophene rings is 1. The van der Waals surface area contributed by atoms with E-state index in [2.05, 4.69) is 10.4 Å². The smallest absolute Gasteiger partial charge is 0.225 e. The number of carbonyl (C=O) groups is 1. The molecule has 1 unspecified atom stereocenters. The molecule has 1 aliphatic rings. The number of hydrogen-bond acceptors (Lipinski definition) is 3. The highest BCUT2D eigenvalue weighted by molar-refractivity contribution is 7.10. The van der Waals surface area contributed by atoms with Crippen LogP contribution in [0.5, 0.6) is 0 Å². The second-order valence-corrected chi connectivity index (χ2v) is 5.59. The zero-order chi connectivity index (χ0) is 12.4. The number of aryl methyl sites for hydroxylation is 1. The molecule has 0 fully saturated rings. The van der Waals surface area contributed by atoms with E-state index in [1.165, 1.54) is 5.69 Å². The number of amides is 1. The minimum Gasteiger partial charge on any atom is -0.353 e. The van der Waals surface area contributed by atoms with E-state index < -0.39 is 0 Å². The number of carbonyl (C=O) groups excluding carboxylic acids is 1. The number of nitrogens with zero attached hydrogens (tertiary/aromatic N) is 2. The zero-order valence-corrected chi connectivity index (χ0v) is 10.8. The molecule has 3 heterocycles. The third-order valence-electron chi connectivity index (χ3n) is 3.23. The van der Waals surface area contributed by atoms with Gasteiger partial charge in [-0.25, -0.2) is 0 Å². The number of rotatable bonds is 3. The van der Waals surface area contributed by atoms with Crippen LogP contribution >= 0.6 is 11.3 Å². The quantitative estimate of drug-likeness (QED) is 0.912. The molecule has 1 aliphatic heterocycles. The lowest BCUT2D eigenvalue weighted by Crippen LogP contribution is -2.40. The van der Waals surface area contributed by atoms with E-state index in [0.29, 0.717) is 6.42 Å². The zero-order valence-electron chi connectivity index (χ0n) is 10.0. The van der Waals surface area contributed by atoms with Crippen molar-refractivity contribution in [3.05, 3.63) is 40.3 Å². The summed E-state index contributed by atoms with van der Waals surface area (Å²) in [6.07, 6.45) is 4.17. The van der Waals surface area contributed by atoms with E-state index >= 15 is 0 Å². The molecule has 2 aromatic heterocycles. The van der Waals surface area contributed by atoms with Crippen LogP contribution in [0.2, 0.25) is 0 Å². The van der Waals surface area contributed by atoms with Crippen molar-refractivity contribution >= 4 is 17.2 Å². The number of fused-ring (bicyclic) bond motifs is 1. The molecular formula is C13H15N3OS. The minimum atomic E-state index is 0.121. The number of nitrogens with one attached hydrogen (secondary N) is 1. The lowest BCUT2D eigenvalue weighted by Gasteiger charge is -2.24. The van der Waals surface area contributed by atoms with Gasteiger partial charge < -0.3 is 5.32 Å². The van der Waals surface area contributed by atoms with Crippen LogP contribution in [0.3, 0.4) is 0 Å². The Labute approximate surface area is 110 Å². The molecule has 5 heteroatoms. The average Bonchev–Trinajstić information content (AvgIpc) is 2.98. The van der Waals surface area contributed by atoms with Crippen molar-refractivity contribution in [2.75, 3.05) is 0 Å². The SMILES string of the molecule is O=C(Cc1cccs1)NC1CCn2nccc2C1. The van der Waals surface area contributed by atoms with E-state index in [9.17, 15) is 4.79 Å². The first-order valence-corrected chi connectivity index (χ1v) is 7.01. The second-order valence-electron chi connectivity index (χ2n) is 4.56. The summed E-state index contributed by atoms with van der Waals surface area (Å²) in [6.45, 7) is 0.895. The Morgan fingerprint density at radius 1 is 1.56 bits per heavy atom. The minimum absolute atomic E-state index is 0.121. The van der Waals surface area contributed by atoms with Gasteiger partial charge in [-0.1, -0.05) is 6.07 Å². The standard InChI is InChI=1S/C13H15N3OS/c17-13(9-12-2-1-7-18-12)15-10-4-6-16-11(8-10)3-5-14-16/h1-3,5,7,10H,4,6,8-9H2,(H,15,17). The monoisotopic (exact) mass is 261 g/mol. The van der Waals surface area contributed by atoms with Gasteiger partial charge in [0, 0.05) is 35.8 Å². The number of hydrogen-bond donors (Lipinski definition) is 1. The molecule has 0 saturated carbocycles.